The molecule has 0 spiro atoms. The maximum Gasteiger partial charge on any atom is 0.194 e. The molecule has 110 valence electrons. The lowest BCUT2D eigenvalue weighted by molar-refractivity contribution is 0.317. The number of anilines is 1. The van der Waals surface area contributed by atoms with Crippen LogP contribution in [0.4, 0.5) is 5.69 Å². The molecule has 0 unspecified atom stereocenters. The van der Waals surface area contributed by atoms with Gasteiger partial charge in [0.15, 0.2) is 4.96 Å². The Balaban J connectivity index is 1.67. The molecule has 4 nitrogen and oxygen atoms in total. The van der Waals surface area contributed by atoms with Crippen molar-refractivity contribution >= 4 is 22.0 Å². The van der Waals surface area contributed by atoms with Gasteiger partial charge in [0.2, 0.25) is 0 Å². The molecule has 0 fully saturated rings. The third-order valence-corrected chi connectivity index (χ3v) is 4.10. The second kappa shape index (κ2) is 6.18. The Kier molecular flexibility index (Phi) is 4.10. The molecule has 5 heteroatoms. The maximum atomic E-state index is 5.59. The van der Waals surface area contributed by atoms with Gasteiger partial charge in [0.25, 0.3) is 0 Å². The topological polar surface area (TPSA) is 38.6 Å². The average Bonchev–Trinajstić information content (AvgIpc) is 3.05. The number of fused-ring (bicyclic) bond motifs is 1. The van der Waals surface area contributed by atoms with Gasteiger partial charge in [-0.2, -0.15) is 0 Å². The van der Waals surface area contributed by atoms with E-state index in [2.05, 4.69) is 40.1 Å². The molecule has 21 heavy (non-hydrogen) atoms. The fraction of sp³-hybridized carbons (Fsp3) is 0.312. The van der Waals surface area contributed by atoms with Gasteiger partial charge in [0.1, 0.15) is 5.75 Å². The summed E-state index contributed by atoms with van der Waals surface area (Å²) in [6.07, 6.45) is 3.09. The zero-order valence-corrected chi connectivity index (χ0v) is 13.1. The summed E-state index contributed by atoms with van der Waals surface area (Å²) in [5, 5.41) is 5.50. The van der Waals surface area contributed by atoms with Crippen LogP contribution in [-0.2, 0) is 6.54 Å². The molecule has 2 aromatic heterocycles. The van der Waals surface area contributed by atoms with E-state index in [4.69, 9.17) is 4.74 Å². The summed E-state index contributed by atoms with van der Waals surface area (Å²) in [4.78, 5) is 5.60. The van der Waals surface area contributed by atoms with Crippen molar-refractivity contribution in [1.82, 2.24) is 9.38 Å². The highest BCUT2D eigenvalue weighted by molar-refractivity contribution is 7.15. The van der Waals surface area contributed by atoms with E-state index in [0.717, 1.165) is 41.7 Å². The van der Waals surface area contributed by atoms with Crippen molar-refractivity contribution < 1.29 is 4.74 Å². The minimum absolute atomic E-state index is 0.762. The van der Waals surface area contributed by atoms with E-state index in [1.807, 2.05) is 24.3 Å². The number of ether oxygens (including phenoxy) is 1. The first kappa shape index (κ1) is 13.9. The van der Waals surface area contributed by atoms with Gasteiger partial charge >= 0.3 is 0 Å². The lowest BCUT2D eigenvalue weighted by Crippen LogP contribution is -2.03. The van der Waals surface area contributed by atoms with Crippen LogP contribution in [0.3, 0.4) is 0 Å². The number of thiazole rings is 1. The molecule has 0 bridgehead atoms. The highest BCUT2D eigenvalue weighted by atomic mass is 32.1. The minimum Gasteiger partial charge on any atom is -0.494 e. The first-order valence-corrected chi connectivity index (χ1v) is 8.03. The first-order chi connectivity index (χ1) is 10.3. The Labute approximate surface area is 128 Å². The number of benzene rings is 1. The smallest absolute Gasteiger partial charge is 0.194 e. The van der Waals surface area contributed by atoms with Gasteiger partial charge in [0.05, 0.1) is 24.5 Å². The van der Waals surface area contributed by atoms with Crippen LogP contribution in [0.2, 0.25) is 0 Å². The van der Waals surface area contributed by atoms with E-state index in [-0.39, 0.29) is 0 Å². The van der Waals surface area contributed by atoms with Gasteiger partial charge in [-0.05, 0) is 37.6 Å². The van der Waals surface area contributed by atoms with E-state index < -0.39 is 0 Å². The van der Waals surface area contributed by atoms with E-state index in [1.165, 1.54) is 5.69 Å². The van der Waals surface area contributed by atoms with Crippen molar-refractivity contribution in [2.24, 2.45) is 0 Å². The largest absolute Gasteiger partial charge is 0.494 e. The number of hydrogen-bond acceptors (Lipinski definition) is 4. The molecule has 0 radical (unpaired) electrons. The quantitative estimate of drug-likeness (QED) is 0.745. The average molecular weight is 301 g/mol. The molecule has 0 saturated heterocycles. The zero-order chi connectivity index (χ0) is 14.7. The molecule has 1 N–H and O–H groups in total. The molecule has 3 rings (SSSR count). The Morgan fingerprint density at radius 1 is 1.29 bits per heavy atom. The molecule has 0 aliphatic carbocycles. The first-order valence-electron chi connectivity index (χ1n) is 7.15. The van der Waals surface area contributed by atoms with Gasteiger partial charge in [0, 0.05) is 17.3 Å². The number of aryl methyl sites for hydroxylation is 1. The van der Waals surface area contributed by atoms with E-state index in [0.29, 0.717) is 0 Å². The Morgan fingerprint density at radius 3 is 2.86 bits per heavy atom. The molecule has 0 aliphatic heterocycles. The number of aromatic nitrogens is 2. The van der Waals surface area contributed by atoms with Gasteiger partial charge in [-0.15, -0.1) is 11.3 Å². The van der Waals surface area contributed by atoms with Gasteiger partial charge in [-0.25, -0.2) is 4.98 Å². The monoisotopic (exact) mass is 301 g/mol. The van der Waals surface area contributed by atoms with Crippen LogP contribution < -0.4 is 10.1 Å². The van der Waals surface area contributed by atoms with Gasteiger partial charge in [-0.3, -0.25) is 4.40 Å². The molecule has 3 aromatic rings. The van der Waals surface area contributed by atoms with E-state index in [9.17, 15) is 0 Å². The van der Waals surface area contributed by atoms with Crippen LogP contribution in [0.15, 0.2) is 35.8 Å². The molecule has 1 aromatic carbocycles. The van der Waals surface area contributed by atoms with E-state index in [1.54, 1.807) is 11.3 Å². The van der Waals surface area contributed by atoms with Crippen LogP contribution in [0, 0.1) is 6.92 Å². The van der Waals surface area contributed by atoms with E-state index >= 15 is 0 Å². The zero-order valence-electron chi connectivity index (χ0n) is 12.3. The van der Waals surface area contributed by atoms with Crippen molar-refractivity contribution in [1.29, 1.82) is 0 Å². The summed E-state index contributed by atoms with van der Waals surface area (Å²) in [7, 11) is 0. The van der Waals surface area contributed by atoms with Crippen LogP contribution >= 0.6 is 11.3 Å². The normalized spacial score (nSPS) is 11.0. The predicted octanol–water partition coefficient (Wildman–Crippen LogP) is 4.11. The summed E-state index contributed by atoms with van der Waals surface area (Å²) in [5.74, 6) is 0.920. The summed E-state index contributed by atoms with van der Waals surface area (Å²) >= 11 is 1.66. The second-order valence-corrected chi connectivity index (χ2v) is 5.80. The molecular weight excluding hydrogens is 282 g/mol. The predicted molar refractivity (Wildman–Crippen MR) is 87.4 cm³/mol. The van der Waals surface area contributed by atoms with Crippen LogP contribution in [0.1, 0.15) is 24.7 Å². The van der Waals surface area contributed by atoms with Crippen LogP contribution in [-0.4, -0.2) is 16.0 Å². The SMILES string of the molecule is CCCOc1ccc(NCc2c(C)nc3sccn23)cc1. The molecular formula is C16H19N3OS. The van der Waals surface area contributed by atoms with Crippen molar-refractivity contribution in [3.8, 4) is 5.75 Å². The van der Waals surface area contributed by atoms with Crippen molar-refractivity contribution in [2.45, 2.75) is 26.8 Å². The third-order valence-electron chi connectivity index (χ3n) is 3.35. The minimum atomic E-state index is 0.762. The fourth-order valence-corrected chi connectivity index (χ4v) is 3.01. The van der Waals surface area contributed by atoms with Crippen molar-refractivity contribution in [2.75, 3.05) is 11.9 Å². The summed E-state index contributed by atoms with van der Waals surface area (Å²) in [6.45, 7) is 5.68. The molecule has 0 aliphatic rings. The number of imidazole rings is 1. The number of nitrogens with one attached hydrogen (secondary N) is 1. The van der Waals surface area contributed by atoms with Crippen LogP contribution in [0.25, 0.3) is 4.96 Å². The Hall–Kier alpha value is -2.01. The molecule has 2 heterocycles. The van der Waals surface area contributed by atoms with Crippen molar-refractivity contribution in [3.05, 3.63) is 47.2 Å². The maximum absolute atomic E-state index is 5.59. The molecule has 0 atom stereocenters. The summed E-state index contributed by atoms with van der Waals surface area (Å²) < 4.78 is 7.73. The third kappa shape index (κ3) is 3.03. The van der Waals surface area contributed by atoms with Gasteiger partial charge in [-0.1, -0.05) is 6.92 Å². The highest BCUT2D eigenvalue weighted by Crippen LogP contribution is 2.20. The Morgan fingerprint density at radius 2 is 2.10 bits per heavy atom. The molecule has 0 amide bonds. The second-order valence-electron chi connectivity index (χ2n) is 4.93. The Bertz CT molecular complexity index is 715. The number of hydrogen-bond donors (Lipinski definition) is 1. The lowest BCUT2D eigenvalue weighted by Gasteiger charge is -2.08. The standard InChI is InChI=1S/C16H19N3OS/c1-3-9-20-14-6-4-13(5-7-14)17-11-15-12(2)18-16-19(15)8-10-21-16/h4-8,10,17H,3,9,11H2,1-2H3. The highest BCUT2D eigenvalue weighted by Gasteiger charge is 2.08. The fourth-order valence-electron chi connectivity index (χ4n) is 2.23. The van der Waals surface area contributed by atoms with Crippen LogP contribution in [0.5, 0.6) is 5.75 Å². The molecule has 0 saturated carbocycles. The van der Waals surface area contributed by atoms with Gasteiger partial charge < -0.3 is 10.1 Å². The lowest BCUT2D eigenvalue weighted by atomic mass is 10.3. The summed E-state index contributed by atoms with van der Waals surface area (Å²) in [5.41, 5.74) is 3.37. The number of nitrogens with zero attached hydrogens (tertiary/aromatic N) is 2. The van der Waals surface area contributed by atoms with Crippen molar-refractivity contribution in [3.63, 3.8) is 0 Å². The number of rotatable bonds is 6. The summed E-state index contributed by atoms with van der Waals surface area (Å²) in [6, 6.07) is 8.10.